The Balaban J connectivity index is 2.01. The second-order valence-corrected chi connectivity index (χ2v) is 5.80. The summed E-state index contributed by atoms with van der Waals surface area (Å²) in [4.78, 5) is 14.6. The highest BCUT2D eigenvalue weighted by Crippen LogP contribution is 2.28. The van der Waals surface area contributed by atoms with E-state index in [0.29, 0.717) is 15.9 Å². The van der Waals surface area contributed by atoms with Crippen molar-refractivity contribution in [1.82, 2.24) is 10.2 Å². The topological polar surface area (TPSA) is 32.3 Å². The summed E-state index contributed by atoms with van der Waals surface area (Å²) in [5, 5.41) is 5.92. The van der Waals surface area contributed by atoms with Crippen molar-refractivity contribution < 1.29 is 4.79 Å². The van der Waals surface area contributed by atoms with Gasteiger partial charge in [0, 0.05) is 19.6 Å². The third-order valence-electron chi connectivity index (χ3n) is 3.10. The highest BCUT2D eigenvalue weighted by molar-refractivity contribution is 7.13. The second kappa shape index (κ2) is 5.38. The third-order valence-corrected chi connectivity index (χ3v) is 4.78. The monoisotopic (exact) mass is 272 g/mol. The van der Waals surface area contributed by atoms with Crippen LogP contribution in [0.25, 0.3) is 0 Å². The molecule has 1 aliphatic rings. The minimum Gasteiger partial charge on any atom is -0.339 e. The van der Waals surface area contributed by atoms with Gasteiger partial charge in [-0.3, -0.25) is 4.79 Å². The van der Waals surface area contributed by atoms with Gasteiger partial charge in [-0.25, -0.2) is 0 Å². The fourth-order valence-electron chi connectivity index (χ4n) is 2.07. The molecule has 1 aromatic heterocycles. The summed E-state index contributed by atoms with van der Waals surface area (Å²) < 4.78 is 0. The van der Waals surface area contributed by atoms with Gasteiger partial charge in [-0.15, -0.1) is 11.3 Å². The molecule has 0 spiro atoms. The molecule has 3 nitrogen and oxygen atoms in total. The van der Waals surface area contributed by atoms with Crippen LogP contribution < -0.4 is 5.32 Å². The number of hydrogen-bond acceptors (Lipinski definition) is 3. The van der Waals surface area contributed by atoms with Gasteiger partial charge in [0.25, 0.3) is 5.91 Å². The molecule has 17 heavy (non-hydrogen) atoms. The summed E-state index contributed by atoms with van der Waals surface area (Å²) >= 11 is 7.54. The number of nitrogens with one attached hydrogen (secondary N) is 1. The second-order valence-electron chi connectivity index (χ2n) is 4.54. The fraction of sp³-hybridized carbons (Fsp3) is 0.583. The molecule has 0 bridgehead atoms. The van der Waals surface area contributed by atoms with Crippen molar-refractivity contribution in [2.45, 2.75) is 25.8 Å². The number of aryl methyl sites for hydroxylation is 1. The largest absolute Gasteiger partial charge is 0.339 e. The van der Waals surface area contributed by atoms with E-state index in [1.807, 2.05) is 19.4 Å². The first-order valence-electron chi connectivity index (χ1n) is 5.82. The first-order valence-corrected chi connectivity index (χ1v) is 7.07. The van der Waals surface area contributed by atoms with Crippen LogP contribution in [0.5, 0.6) is 0 Å². The first kappa shape index (κ1) is 12.9. The van der Waals surface area contributed by atoms with Crippen molar-refractivity contribution in [2.24, 2.45) is 0 Å². The third kappa shape index (κ3) is 2.81. The lowest BCUT2D eigenvalue weighted by molar-refractivity contribution is 0.0788. The molecule has 1 fully saturated rings. The van der Waals surface area contributed by atoms with E-state index in [1.54, 1.807) is 4.90 Å². The van der Waals surface area contributed by atoms with E-state index in [0.717, 1.165) is 25.1 Å². The standard InChI is InChI=1S/C12H17ClN2OS/c1-8-7-17-11(10(8)13)12(16)15(2)6-9-4-3-5-14-9/h7,9,14H,3-6H2,1-2H3. The van der Waals surface area contributed by atoms with Crippen LogP contribution in [0.15, 0.2) is 5.38 Å². The Morgan fingerprint density at radius 3 is 3.00 bits per heavy atom. The Hall–Kier alpha value is -0.580. The van der Waals surface area contributed by atoms with Crippen molar-refractivity contribution in [3.63, 3.8) is 0 Å². The molecule has 5 heteroatoms. The van der Waals surface area contributed by atoms with Gasteiger partial charge in [-0.2, -0.15) is 0 Å². The lowest BCUT2D eigenvalue weighted by Gasteiger charge is -2.20. The Morgan fingerprint density at radius 1 is 1.71 bits per heavy atom. The van der Waals surface area contributed by atoms with Crippen LogP contribution in [0.3, 0.4) is 0 Å². The smallest absolute Gasteiger partial charge is 0.265 e. The summed E-state index contributed by atoms with van der Waals surface area (Å²) in [5.74, 6) is 0.0294. The zero-order valence-corrected chi connectivity index (χ0v) is 11.7. The summed E-state index contributed by atoms with van der Waals surface area (Å²) in [5.41, 5.74) is 0.979. The molecule has 0 saturated carbocycles. The van der Waals surface area contributed by atoms with Crippen LogP contribution in [0.4, 0.5) is 0 Å². The molecule has 1 N–H and O–H groups in total. The first-order chi connectivity index (χ1) is 8.09. The van der Waals surface area contributed by atoms with Crippen molar-refractivity contribution in [1.29, 1.82) is 0 Å². The van der Waals surface area contributed by atoms with Gasteiger partial charge < -0.3 is 10.2 Å². The Bertz CT molecular complexity index is 413. The molecule has 2 rings (SSSR count). The number of thiophene rings is 1. The maximum Gasteiger partial charge on any atom is 0.265 e. The summed E-state index contributed by atoms with van der Waals surface area (Å²) in [7, 11) is 1.84. The van der Waals surface area contributed by atoms with Crippen molar-refractivity contribution in [2.75, 3.05) is 20.1 Å². The van der Waals surface area contributed by atoms with Crippen molar-refractivity contribution in [3.05, 3.63) is 20.8 Å². The molecule has 94 valence electrons. The summed E-state index contributed by atoms with van der Waals surface area (Å²) in [6.07, 6.45) is 2.35. The molecule has 1 atom stereocenters. The van der Waals surface area contributed by atoms with E-state index >= 15 is 0 Å². The minimum atomic E-state index is 0.0294. The Labute approximate surface area is 111 Å². The van der Waals surface area contributed by atoms with Crippen LogP contribution >= 0.6 is 22.9 Å². The number of likely N-dealkylation sites (N-methyl/N-ethyl adjacent to an activating group) is 1. The van der Waals surface area contributed by atoms with Gasteiger partial charge in [0.05, 0.1) is 5.02 Å². The van der Waals surface area contributed by atoms with Gasteiger partial charge in [-0.1, -0.05) is 11.6 Å². The van der Waals surface area contributed by atoms with E-state index in [2.05, 4.69) is 5.32 Å². The normalized spacial score (nSPS) is 19.6. The molecular weight excluding hydrogens is 256 g/mol. The average molecular weight is 273 g/mol. The molecule has 1 amide bonds. The predicted molar refractivity (Wildman–Crippen MR) is 72.1 cm³/mol. The Kier molecular flexibility index (Phi) is 4.07. The van der Waals surface area contributed by atoms with Gasteiger partial charge in [0.2, 0.25) is 0 Å². The predicted octanol–water partition coefficient (Wildman–Crippen LogP) is 2.53. The van der Waals surface area contributed by atoms with E-state index in [4.69, 9.17) is 11.6 Å². The number of halogens is 1. The number of carbonyl (C=O) groups excluding carboxylic acids is 1. The molecule has 1 saturated heterocycles. The van der Waals surface area contributed by atoms with Crippen LogP contribution in [-0.2, 0) is 0 Å². The van der Waals surface area contributed by atoms with Crippen LogP contribution in [-0.4, -0.2) is 37.0 Å². The molecule has 1 aliphatic heterocycles. The zero-order valence-electron chi connectivity index (χ0n) is 10.1. The number of hydrogen-bond donors (Lipinski definition) is 1. The molecule has 1 unspecified atom stereocenters. The fourth-order valence-corrected chi connectivity index (χ4v) is 3.34. The van der Waals surface area contributed by atoms with E-state index in [1.165, 1.54) is 17.8 Å². The maximum atomic E-state index is 12.2. The minimum absolute atomic E-state index is 0.0294. The molecule has 2 heterocycles. The number of carbonyl (C=O) groups is 1. The van der Waals surface area contributed by atoms with E-state index < -0.39 is 0 Å². The highest BCUT2D eigenvalue weighted by Gasteiger charge is 2.22. The van der Waals surface area contributed by atoms with Gasteiger partial charge >= 0.3 is 0 Å². The number of rotatable bonds is 3. The van der Waals surface area contributed by atoms with E-state index in [-0.39, 0.29) is 5.91 Å². The lowest BCUT2D eigenvalue weighted by atomic mass is 10.2. The number of nitrogens with zero attached hydrogens (tertiary/aromatic N) is 1. The van der Waals surface area contributed by atoms with Crippen LogP contribution in [0, 0.1) is 6.92 Å². The Morgan fingerprint density at radius 2 is 2.47 bits per heavy atom. The maximum absolute atomic E-state index is 12.2. The molecule has 0 radical (unpaired) electrons. The van der Waals surface area contributed by atoms with Gasteiger partial charge in [-0.05, 0) is 37.3 Å². The highest BCUT2D eigenvalue weighted by atomic mass is 35.5. The summed E-state index contributed by atoms with van der Waals surface area (Å²) in [6.45, 7) is 3.74. The molecule has 1 aromatic rings. The van der Waals surface area contributed by atoms with Crippen molar-refractivity contribution >= 4 is 28.8 Å². The zero-order chi connectivity index (χ0) is 12.4. The number of amides is 1. The van der Waals surface area contributed by atoms with Crippen molar-refractivity contribution in [3.8, 4) is 0 Å². The quantitative estimate of drug-likeness (QED) is 0.917. The molecule has 0 aromatic carbocycles. The van der Waals surface area contributed by atoms with Crippen LogP contribution in [0.1, 0.15) is 28.1 Å². The van der Waals surface area contributed by atoms with Gasteiger partial charge in [0.15, 0.2) is 0 Å². The summed E-state index contributed by atoms with van der Waals surface area (Å²) in [6, 6.07) is 0.434. The van der Waals surface area contributed by atoms with Crippen LogP contribution in [0.2, 0.25) is 5.02 Å². The van der Waals surface area contributed by atoms with E-state index in [9.17, 15) is 4.79 Å². The molecular formula is C12H17ClN2OS. The SMILES string of the molecule is Cc1csc(C(=O)N(C)CC2CCCN2)c1Cl. The van der Waals surface area contributed by atoms with Gasteiger partial charge in [0.1, 0.15) is 4.88 Å². The molecule has 0 aliphatic carbocycles. The average Bonchev–Trinajstić information content (AvgIpc) is 2.90. The lowest BCUT2D eigenvalue weighted by Crippen LogP contribution is -2.38.